The molecule has 1 aromatic heterocycles. The van der Waals surface area contributed by atoms with Crippen LogP contribution in [0.3, 0.4) is 0 Å². The minimum Gasteiger partial charge on any atom is -0.493 e. The molecule has 4 rings (SSSR count). The molecule has 0 bridgehead atoms. The number of methoxy groups -OCH3 is 1. The molecule has 1 aliphatic rings. The van der Waals surface area contributed by atoms with Crippen molar-refractivity contribution in [1.29, 1.82) is 0 Å². The van der Waals surface area contributed by atoms with Crippen molar-refractivity contribution in [2.24, 2.45) is 4.99 Å². The van der Waals surface area contributed by atoms with Crippen LogP contribution in [-0.4, -0.2) is 37.0 Å². The van der Waals surface area contributed by atoms with Crippen LogP contribution >= 0.6 is 11.3 Å². The van der Waals surface area contributed by atoms with E-state index in [1.807, 2.05) is 63.2 Å². The molecule has 8 nitrogen and oxygen atoms in total. The molecule has 0 N–H and O–H groups in total. The summed E-state index contributed by atoms with van der Waals surface area (Å²) in [6, 6.07) is 12.2. The van der Waals surface area contributed by atoms with Crippen LogP contribution in [0.2, 0.25) is 0 Å². The largest absolute Gasteiger partial charge is 0.493 e. The normalized spacial score (nSPS) is 15.2. The van der Waals surface area contributed by atoms with E-state index >= 15 is 0 Å². The number of nitrogens with zero attached hydrogens (tertiary/aromatic N) is 2. The number of para-hydroxylation sites is 2. The summed E-state index contributed by atoms with van der Waals surface area (Å²) in [4.78, 5) is 32.3. The van der Waals surface area contributed by atoms with Gasteiger partial charge in [0.25, 0.3) is 5.56 Å². The fraction of sp³-hybridized carbons (Fsp3) is 0.345. The molecule has 2 heterocycles. The maximum Gasteiger partial charge on any atom is 0.338 e. The van der Waals surface area contributed by atoms with E-state index in [1.165, 1.54) is 11.3 Å². The average Bonchev–Trinajstić information content (AvgIpc) is 3.18. The number of hydrogen-bond acceptors (Lipinski definition) is 8. The summed E-state index contributed by atoms with van der Waals surface area (Å²) >= 11 is 1.25. The molecule has 0 fully saturated rings. The molecule has 200 valence electrons. The second-order valence-electron chi connectivity index (χ2n) is 8.82. The fourth-order valence-electron chi connectivity index (χ4n) is 4.40. The third-order valence-corrected chi connectivity index (χ3v) is 6.88. The van der Waals surface area contributed by atoms with Crippen molar-refractivity contribution in [2.45, 2.75) is 46.8 Å². The first-order chi connectivity index (χ1) is 18.3. The summed E-state index contributed by atoms with van der Waals surface area (Å²) in [7, 11) is 1.58. The van der Waals surface area contributed by atoms with Gasteiger partial charge in [0.1, 0.15) is 11.8 Å². The van der Waals surface area contributed by atoms with Gasteiger partial charge in [-0.3, -0.25) is 9.36 Å². The standard InChI is InChI=1S/C29H32N2O6S/c1-7-35-26-19(12-11-15-22(26)34-6)16-23-27(32)31-25(20-13-9-10-14-21(20)37-17(3)4)24(28(33)36-8-2)18(5)30-29(31)38-23/h9-17,25H,7-8H2,1-6H3/b23-16-/t25-/m0/s1. The quantitative estimate of drug-likeness (QED) is 0.384. The Labute approximate surface area is 225 Å². The van der Waals surface area contributed by atoms with Crippen LogP contribution in [0.5, 0.6) is 17.2 Å². The Hall–Kier alpha value is -3.85. The molecule has 0 aliphatic carbocycles. The number of allylic oxidation sites excluding steroid dienone is 1. The topological polar surface area (TPSA) is 88.4 Å². The predicted molar refractivity (Wildman–Crippen MR) is 147 cm³/mol. The molecule has 38 heavy (non-hydrogen) atoms. The molecule has 3 aromatic rings. The van der Waals surface area contributed by atoms with E-state index in [4.69, 9.17) is 18.9 Å². The predicted octanol–water partition coefficient (Wildman–Crippen LogP) is 3.99. The van der Waals surface area contributed by atoms with Gasteiger partial charge in [0.05, 0.1) is 42.2 Å². The lowest BCUT2D eigenvalue weighted by atomic mass is 9.95. The highest BCUT2D eigenvalue weighted by Gasteiger charge is 2.35. The van der Waals surface area contributed by atoms with Crippen LogP contribution in [-0.2, 0) is 9.53 Å². The van der Waals surface area contributed by atoms with Gasteiger partial charge in [0.15, 0.2) is 16.3 Å². The Morgan fingerprint density at radius 2 is 1.84 bits per heavy atom. The van der Waals surface area contributed by atoms with E-state index in [0.717, 1.165) is 0 Å². The monoisotopic (exact) mass is 536 g/mol. The Bertz CT molecular complexity index is 1550. The molecule has 0 radical (unpaired) electrons. The highest BCUT2D eigenvalue weighted by molar-refractivity contribution is 7.07. The van der Waals surface area contributed by atoms with E-state index in [2.05, 4.69) is 4.99 Å². The molecule has 0 amide bonds. The highest BCUT2D eigenvalue weighted by atomic mass is 32.1. The van der Waals surface area contributed by atoms with Gasteiger partial charge in [0.2, 0.25) is 0 Å². The molecular formula is C29H32N2O6S. The maximum atomic E-state index is 14.0. The summed E-state index contributed by atoms with van der Waals surface area (Å²) in [6.45, 7) is 9.90. The van der Waals surface area contributed by atoms with Gasteiger partial charge in [-0.15, -0.1) is 0 Å². The fourth-order valence-corrected chi connectivity index (χ4v) is 5.44. The SMILES string of the molecule is CCOC(=O)C1=C(C)N=c2s/c(=C\c3cccc(OC)c3OCC)c(=O)n2[C@H]1c1ccccc1OC(C)C. The summed E-state index contributed by atoms with van der Waals surface area (Å²) in [5.74, 6) is 1.20. The van der Waals surface area contributed by atoms with Gasteiger partial charge in [0, 0.05) is 11.1 Å². The van der Waals surface area contributed by atoms with Crippen LogP contribution < -0.4 is 29.1 Å². The number of ether oxygens (including phenoxy) is 4. The zero-order valence-electron chi connectivity index (χ0n) is 22.4. The summed E-state index contributed by atoms with van der Waals surface area (Å²) in [5, 5.41) is 0. The van der Waals surface area contributed by atoms with Crippen molar-refractivity contribution in [1.82, 2.24) is 4.57 Å². The summed E-state index contributed by atoms with van der Waals surface area (Å²) in [6.07, 6.45) is 1.67. The molecular weight excluding hydrogens is 504 g/mol. The third-order valence-electron chi connectivity index (χ3n) is 5.90. The van der Waals surface area contributed by atoms with E-state index in [-0.39, 0.29) is 18.3 Å². The average molecular weight is 537 g/mol. The zero-order valence-corrected chi connectivity index (χ0v) is 23.3. The lowest BCUT2D eigenvalue weighted by Crippen LogP contribution is -2.40. The first kappa shape index (κ1) is 27.2. The molecule has 2 aromatic carbocycles. The van der Waals surface area contributed by atoms with Gasteiger partial charge >= 0.3 is 5.97 Å². The second-order valence-corrected chi connectivity index (χ2v) is 9.83. The van der Waals surface area contributed by atoms with Crippen molar-refractivity contribution in [2.75, 3.05) is 20.3 Å². The molecule has 1 aliphatic heterocycles. The van der Waals surface area contributed by atoms with Crippen molar-refractivity contribution in [3.05, 3.63) is 84.5 Å². The van der Waals surface area contributed by atoms with Crippen LogP contribution in [0.25, 0.3) is 6.08 Å². The lowest BCUT2D eigenvalue weighted by Gasteiger charge is -2.26. The smallest absolute Gasteiger partial charge is 0.338 e. The van der Waals surface area contributed by atoms with Crippen molar-refractivity contribution in [3.8, 4) is 17.2 Å². The Kier molecular flexibility index (Phi) is 8.36. The number of hydrogen-bond donors (Lipinski definition) is 0. The summed E-state index contributed by atoms with van der Waals surface area (Å²) < 4.78 is 24.8. The first-order valence-corrected chi connectivity index (χ1v) is 13.4. The van der Waals surface area contributed by atoms with Gasteiger partial charge in [-0.05, 0) is 52.8 Å². The summed E-state index contributed by atoms with van der Waals surface area (Å²) in [5.41, 5.74) is 1.91. The molecule has 0 saturated carbocycles. The van der Waals surface area contributed by atoms with E-state index in [1.54, 1.807) is 31.6 Å². The number of thiazole rings is 1. The molecule has 0 unspecified atom stereocenters. The van der Waals surface area contributed by atoms with Gasteiger partial charge in [-0.1, -0.05) is 41.7 Å². The molecule has 0 saturated heterocycles. The van der Waals surface area contributed by atoms with Crippen LogP contribution in [0.15, 0.2) is 63.5 Å². The van der Waals surface area contributed by atoms with Gasteiger partial charge in [-0.2, -0.15) is 0 Å². The number of benzene rings is 2. The van der Waals surface area contributed by atoms with Crippen LogP contribution in [0, 0.1) is 0 Å². The van der Waals surface area contributed by atoms with E-state index < -0.39 is 12.0 Å². The van der Waals surface area contributed by atoms with Crippen molar-refractivity contribution < 1.29 is 23.7 Å². The number of carbonyl (C=O) groups excluding carboxylic acids is 1. The Morgan fingerprint density at radius 1 is 1.11 bits per heavy atom. The number of carbonyl (C=O) groups is 1. The molecule has 1 atom stereocenters. The minimum absolute atomic E-state index is 0.104. The first-order valence-electron chi connectivity index (χ1n) is 12.6. The van der Waals surface area contributed by atoms with Gasteiger partial charge < -0.3 is 18.9 Å². The Balaban J connectivity index is 1.99. The van der Waals surface area contributed by atoms with Crippen LogP contribution in [0.1, 0.15) is 51.8 Å². The van der Waals surface area contributed by atoms with E-state index in [0.29, 0.717) is 55.6 Å². The Morgan fingerprint density at radius 3 is 2.53 bits per heavy atom. The second kappa shape index (κ2) is 11.7. The number of aromatic nitrogens is 1. The minimum atomic E-state index is -0.765. The highest BCUT2D eigenvalue weighted by Crippen LogP contribution is 2.36. The molecule has 0 spiro atoms. The van der Waals surface area contributed by atoms with Gasteiger partial charge in [-0.25, -0.2) is 9.79 Å². The number of esters is 1. The van der Waals surface area contributed by atoms with Crippen LogP contribution in [0.4, 0.5) is 0 Å². The van der Waals surface area contributed by atoms with E-state index in [9.17, 15) is 9.59 Å². The lowest BCUT2D eigenvalue weighted by molar-refractivity contribution is -0.139. The zero-order chi connectivity index (χ0) is 27.4. The number of fused-ring (bicyclic) bond motifs is 1. The van der Waals surface area contributed by atoms with Crippen molar-refractivity contribution >= 4 is 23.4 Å². The maximum absolute atomic E-state index is 14.0. The third kappa shape index (κ3) is 5.24. The molecule has 9 heteroatoms. The number of rotatable bonds is 9. The van der Waals surface area contributed by atoms with Crippen molar-refractivity contribution in [3.63, 3.8) is 0 Å².